The number of hydrogen-bond donors (Lipinski definition) is 7. The fourth-order valence-corrected chi connectivity index (χ4v) is 1.26. The fourth-order valence-electron chi connectivity index (χ4n) is 1.26. The van der Waals surface area contributed by atoms with Gasteiger partial charge in [-0.15, -0.1) is 0 Å². The van der Waals surface area contributed by atoms with E-state index in [0.29, 0.717) is 13.0 Å². The van der Waals surface area contributed by atoms with E-state index in [4.69, 9.17) is 31.3 Å². The Hall–Kier alpha value is -0.280. The van der Waals surface area contributed by atoms with E-state index in [-0.39, 0.29) is 6.42 Å². The molecule has 0 saturated carbocycles. The van der Waals surface area contributed by atoms with Gasteiger partial charge < -0.3 is 36.4 Å². The molecule has 0 spiro atoms. The molecule has 0 aromatic carbocycles. The summed E-state index contributed by atoms with van der Waals surface area (Å²) < 4.78 is 0. The standard InChI is InChI=1S/C9H21NO6/c10-6-4-2-1-3-5-7(11)8(12,13)9(14,15)16/h7,11-16H,1-6,10H2. The number of aliphatic hydroxyl groups is 6. The Kier molecular flexibility index (Phi) is 6.34. The highest BCUT2D eigenvalue weighted by Gasteiger charge is 2.51. The van der Waals surface area contributed by atoms with Crippen molar-refractivity contribution < 1.29 is 30.6 Å². The van der Waals surface area contributed by atoms with E-state index in [1.54, 1.807) is 0 Å². The maximum atomic E-state index is 9.26. The second-order valence-electron chi connectivity index (χ2n) is 3.87. The SMILES string of the molecule is NCCCCCCC(O)C(O)(O)C(O)(O)O. The molecule has 0 aliphatic carbocycles. The van der Waals surface area contributed by atoms with Gasteiger partial charge in [0.25, 0.3) is 5.79 Å². The van der Waals surface area contributed by atoms with Gasteiger partial charge in [-0.1, -0.05) is 19.3 Å². The van der Waals surface area contributed by atoms with Crippen LogP contribution in [0.25, 0.3) is 0 Å². The minimum Gasteiger partial charge on any atom is -0.387 e. The lowest BCUT2D eigenvalue weighted by Gasteiger charge is -2.33. The Morgan fingerprint density at radius 2 is 1.38 bits per heavy atom. The molecule has 0 saturated heterocycles. The molecule has 0 aliphatic rings. The largest absolute Gasteiger partial charge is 0.387 e. The number of nitrogens with two attached hydrogens (primary N) is 1. The Labute approximate surface area is 93.8 Å². The van der Waals surface area contributed by atoms with Crippen LogP contribution in [0, 0.1) is 0 Å². The molecule has 0 aliphatic heterocycles. The monoisotopic (exact) mass is 239 g/mol. The summed E-state index contributed by atoms with van der Waals surface area (Å²) >= 11 is 0. The smallest absolute Gasteiger partial charge is 0.335 e. The van der Waals surface area contributed by atoms with Crippen molar-refractivity contribution in [1.82, 2.24) is 0 Å². The number of rotatable bonds is 8. The lowest BCUT2D eigenvalue weighted by Crippen LogP contribution is -2.61. The van der Waals surface area contributed by atoms with Gasteiger partial charge in [0.05, 0.1) is 0 Å². The van der Waals surface area contributed by atoms with E-state index in [0.717, 1.165) is 19.3 Å². The lowest BCUT2D eigenvalue weighted by atomic mass is 10.0. The van der Waals surface area contributed by atoms with E-state index < -0.39 is 17.9 Å². The van der Waals surface area contributed by atoms with Crippen LogP contribution in [0.4, 0.5) is 0 Å². The van der Waals surface area contributed by atoms with Gasteiger partial charge in [-0.05, 0) is 19.4 Å². The Balaban J connectivity index is 3.92. The first kappa shape index (κ1) is 15.7. The first-order chi connectivity index (χ1) is 7.23. The van der Waals surface area contributed by atoms with E-state index in [1.807, 2.05) is 0 Å². The number of unbranched alkanes of at least 4 members (excludes halogenated alkanes) is 3. The van der Waals surface area contributed by atoms with Gasteiger partial charge in [0, 0.05) is 0 Å². The summed E-state index contributed by atoms with van der Waals surface area (Å²) in [7, 11) is 0. The Morgan fingerprint density at radius 3 is 1.81 bits per heavy atom. The van der Waals surface area contributed by atoms with E-state index in [9.17, 15) is 5.11 Å². The van der Waals surface area contributed by atoms with Crippen LogP contribution in [0.3, 0.4) is 0 Å². The summed E-state index contributed by atoms with van der Waals surface area (Å²) in [5.74, 6) is -7.11. The van der Waals surface area contributed by atoms with Crippen LogP contribution < -0.4 is 5.73 Å². The van der Waals surface area contributed by atoms with Crippen molar-refractivity contribution in [3.63, 3.8) is 0 Å². The van der Waals surface area contributed by atoms with Crippen LogP contribution in [0.5, 0.6) is 0 Å². The topological polar surface area (TPSA) is 147 Å². The molecular weight excluding hydrogens is 218 g/mol. The van der Waals surface area contributed by atoms with Crippen molar-refractivity contribution in [2.24, 2.45) is 5.73 Å². The molecule has 98 valence electrons. The van der Waals surface area contributed by atoms with Crippen LogP contribution in [-0.2, 0) is 0 Å². The number of aliphatic hydroxyl groups excluding tert-OH is 1. The average Bonchev–Trinajstić information content (AvgIpc) is 2.15. The molecule has 0 radical (unpaired) electrons. The predicted molar refractivity (Wildman–Crippen MR) is 54.7 cm³/mol. The molecule has 7 nitrogen and oxygen atoms in total. The Morgan fingerprint density at radius 1 is 0.875 bits per heavy atom. The van der Waals surface area contributed by atoms with Crippen molar-refractivity contribution in [1.29, 1.82) is 0 Å². The van der Waals surface area contributed by atoms with Crippen LogP contribution in [-0.4, -0.2) is 55.0 Å². The second kappa shape index (κ2) is 6.45. The molecule has 0 fully saturated rings. The normalized spacial score (nSPS) is 15.2. The van der Waals surface area contributed by atoms with Crippen molar-refractivity contribution in [2.75, 3.05) is 6.54 Å². The zero-order chi connectivity index (χ0) is 12.8. The minimum atomic E-state index is -3.75. The van der Waals surface area contributed by atoms with Crippen molar-refractivity contribution in [3.8, 4) is 0 Å². The predicted octanol–water partition coefficient (Wildman–Crippen LogP) is -2.43. The number of hydrogen-bond acceptors (Lipinski definition) is 7. The first-order valence-electron chi connectivity index (χ1n) is 5.23. The molecule has 7 heteroatoms. The molecule has 0 aromatic heterocycles. The molecule has 8 N–H and O–H groups in total. The quantitative estimate of drug-likeness (QED) is 0.184. The third kappa shape index (κ3) is 4.71. The fraction of sp³-hybridized carbons (Fsp3) is 1.00. The maximum absolute atomic E-state index is 9.26. The third-order valence-electron chi connectivity index (χ3n) is 2.39. The molecule has 0 bridgehead atoms. The molecule has 0 heterocycles. The highest BCUT2D eigenvalue weighted by molar-refractivity contribution is 4.81. The highest BCUT2D eigenvalue weighted by atomic mass is 16.7. The van der Waals surface area contributed by atoms with Crippen LogP contribution >= 0.6 is 0 Å². The first-order valence-corrected chi connectivity index (χ1v) is 5.23. The van der Waals surface area contributed by atoms with Gasteiger partial charge in [0.15, 0.2) is 0 Å². The van der Waals surface area contributed by atoms with E-state index in [1.165, 1.54) is 0 Å². The minimum absolute atomic E-state index is 0.0685. The van der Waals surface area contributed by atoms with Gasteiger partial charge >= 0.3 is 5.97 Å². The molecule has 0 amide bonds. The summed E-state index contributed by atoms with van der Waals surface area (Å²) in [6.45, 7) is 0.569. The summed E-state index contributed by atoms with van der Waals surface area (Å²) in [6.07, 6.45) is 0.949. The summed E-state index contributed by atoms with van der Waals surface area (Å²) in [4.78, 5) is 0. The second-order valence-corrected chi connectivity index (χ2v) is 3.87. The summed E-state index contributed by atoms with van der Waals surface area (Å²) in [5, 5.41) is 53.2. The lowest BCUT2D eigenvalue weighted by molar-refractivity contribution is -0.464. The molecule has 1 atom stereocenters. The van der Waals surface area contributed by atoms with Crippen molar-refractivity contribution in [3.05, 3.63) is 0 Å². The van der Waals surface area contributed by atoms with Gasteiger partial charge in [-0.2, -0.15) is 0 Å². The zero-order valence-electron chi connectivity index (χ0n) is 9.08. The zero-order valence-corrected chi connectivity index (χ0v) is 9.08. The molecule has 0 rings (SSSR count). The summed E-state index contributed by atoms with van der Waals surface area (Å²) in [5.41, 5.74) is 5.27. The molecule has 1 unspecified atom stereocenters. The van der Waals surface area contributed by atoms with Gasteiger partial charge in [0.1, 0.15) is 6.10 Å². The highest BCUT2D eigenvalue weighted by Crippen LogP contribution is 2.22. The van der Waals surface area contributed by atoms with Crippen LogP contribution in [0.15, 0.2) is 0 Å². The molecule has 16 heavy (non-hydrogen) atoms. The van der Waals surface area contributed by atoms with Gasteiger partial charge in [-0.25, -0.2) is 0 Å². The van der Waals surface area contributed by atoms with E-state index >= 15 is 0 Å². The van der Waals surface area contributed by atoms with Crippen molar-refractivity contribution in [2.45, 2.75) is 50.0 Å². The van der Waals surface area contributed by atoms with Crippen LogP contribution in [0.1, 0.15) is 32.1 Å². The van der Waals surface area contributed by atoms with Crippen LogP contribution in [0.2, 0.25) is 0 Å². The average molecular weight is 239 g/mol. The Bertz CT molecular complexity index is 191. The molecular formula is C9H21NO6. The molecule has 0 aromatic rings. The summed E-state index contributed by atoms with van der Waals surface area (Å²) in [6, 6.07) is 0. The van der Waals surface area contributed by atoms with E-state index in [2.05, 4.69) is 0 Å². The third-order valence-corrected chi connectivity index (χ3v) is 2.39. The maximum Gasteiger partial charge on any atom is 0.335 e. The van der Waals surface area contributed by atoms with Gasteiger partial charge in [0.2, 0.25) is 0 Å². The van der Waals surface area contributed by atoms with Gasteiger partial charge in [-0.3, -0.25) is 0 Å². The van der Waals surface area contributed by atoms with Crippen molar-refractivity contribution >= 4 is 0 Å².